The average Bonchev–Trinajstić information content (AvgIpc) is 3.33. The number of aromatic nitrogens is 2. The molecule has 0 unspecified atom stereocenters. The zero-order valence-electron chi connectivity index (χ0n) is 15.2. The van der Waals surface area contributed by atoms with E-state index < -0.39 is 11.7 Å². The van der Waals surface area contributed by atoms with Crippen molar-refractivity contribution >= 4 is 22.7 Å². The fourth-order valence-electron chi connectivity index (χ4n) is 3.24. The molecule has 144 valence electrons. The van der Waals surface area contributed by atoms with Gasteiger partial charge >= 0.3 is 0 Å². The van der Waals surface area contributed by atoms with E-state index in [9.17, 15) is 9.18 Å². The summed E-state index contributed by atoms with van der Waals surface area (Å²) in [6, 6.07) is 12.7. The van der Waals surface area contributed by atoms with Gasteiger partial charge in [0.15, 0.2) is 11.5 Å². The second kappa shape index (κ2) is 6.59. The van der Waals surface area contributed by atoms with E-state index in [-0.39, 0.29) is 12.5 Å². The van der Waals surface area contributed by atoms with Crippen molar-refractivity contribution in [3.8, 4) is 22.8 Å². The van der Waals surface area contributed by atoms with E-state index in [1.54, 1.807) is 31.2 Å². The fraction of sp³-hybridized carbons (Fsp3) is 0.0952. The highest BCUT2D eigenvalue weighted by molar-refractivity contribution is 6.13. The predicted molar refractivity (Wildman–Crippen MR) is 102 cm³/mol. The maximum Gasteiger partial charge on any atom is 0.259 e. The first kappa shape index (κ1) is 17.2. The molecule has 0 spiro atoms. The Kier molecular flexibility index (Phi) is 3.90. The van der Waals surface area contributed by atoms with Crippen molar-refractivity contribution in [1.82, 2.24) is 10.1 Å². The summed E-state index contributed by atoms with van der Waals surface area (Å²) < 4.78 is 29.5. The molecule has 2 aromatic heterocycles. The Balaban J connectivity index is 1.60. The number of ether oxygens (including phenoxy) is 2. The van der Waals surface area contributed by atoms with Gasteiger partial charge in [0.1, 0.15) is 5.82 Å². The van der Waals surface area contributed by atoms with Crippen LogP contribution in [0.1, 0.15) is 16.1 Å². The molecule has 0 fully saturated rings. The van der Waals surface area contributed by atoms with Crippen molar-refractivity contribution < 1.29 is 23.2 Å². The number of fused-ring (bicyclic) bond motifs is 2. The summed E-state index contributed by atoms with van der Waals surface area (Å²) in [6.45, 7) is 1.89. The van der Waals surface area contributed by atoms with Crippen LogP contribution in [0.3, 0.4) is 0 Å². The van der Waals surface area contributed by atoms with E-state index in [1.165, 1.54) is 18.2 Å². The summed E-state index contributed by atoms with van der Waals surface area (Å²) >= 11 is 0. The molecule has 0 radical (unpaired) electrons. The third-order valence-electron chi connectivity index (χ3n) is 4.61. The van der Waals surface area contributed by atoms with E-state index in [2.05, 4.69) is 15.5 Å². The van der Waals surface area contributed by atoms with Gasteiger partial charge in [-0.25, -0.2) is 9.37 Å². The Morgan fingerprint density at radius 3 is 2.83 bits per heavy atom. The number of nitrogens with one attached hydrogen (secondary N) is 1. The molecular formula is C21H14FN3O4. The summed E-state index contributed by atoms with van der Waals surface area (Å²) in [5.41, 5.74) is 2.68. The lowest BCUT2D eigenvalue weighted by atomic mass is 10.0. The number of anilines is 1. The van der Waals surface area contributed by atoms with Crippen LogP contribution in [0.5, 0.6) is 11.5 Å². The van der Waals surface area contributed by atoms with Crippen LogP contribution >= 0.6 is 0 Å². The van der Waals surface area contributed by atoms with E-state index in [0.29, 0.717) is 39.5 Å². The van der Waals surface area contributed by atoms with Gasteiger partial charge in [0.25, 0.3) is 11.6 Å². The van der Waals surface area contributed by atoms with E-state index in [0.717, 1.165) is 5.56 Å². The number of amides is 1. The van der Waals surface area contributed by atoms with Gasteiger partial charge in [-0.15, -0.1) is 0 Å². The van der Waals surface area contributed by atoms with Crippen molar-refractivity contribution in [3.63, 3.8) is 0 Å². The Morgan fingerprint density at radius 1 is 1.10 bits per heavy atom. The van der Waals surface area contributed by atoms with Gasteiger partial charge < -0.3 is 19.3 Å². The topological polar surface area (TPSA) is 86.5 Å². The van der Waals surface area contributed by atoms with Gasteiger partial charge in [0.2, 0.25) is 6.79 Å². The van der Waals surface area contributed by atoms with Crippen molar-refractivity contribution in [2.45, 2.75) is 6.92 Å². The van der Waals surface area contributed by atoms with Crippen LogP contribution < -0.4 is 14.8 Å². The molecule has 1 amide bonds. The van der Waals surface area contributed by atoms with E-state index in [4.69, 9.17) is 14.0 Å². The van der Waals surface area contributed by atoms with Crippen LogP contribution in [0.25, 0.3) is 22.4 Å². The predicted octanol–water partition coefficient (Wildman–Crippen LogP) is 4.32. The number of hydrogen-bond donors (Lipinski definition) is 1. The Hall–Kier alpha value is -3.94. The van der Waals surface area contributed by atoms with Crippen LogP contribution in [0.4, 0.5) is 10.1 Å². The molecular weight excluding hydrogens is 377 g/mol. The first-order chi connectivity index (χ1) is 14.1. The lowest BCUT2D eigenvalue weighted by molar-refractivity contribution is 0.102. The van der Waals surface area contributed by atoms with Crippen molar-refractivity contribution in [2.75, 3.05) is 12.1 Å². The quantitative estimate of drug-likeness (QED) is 0.560. The lowest BCUT2D eigenvalue weighted by Crippen LogP contribution is -2.13. The first-order valence-corrected chi connectivity index (χ1v) is 8.82. The number of pyridine rings is 1. The number of benzene rings is 2. The Bertz CT molecular complexity index is 1270. The first-order valence-electron chi connectivity index (χ1n) is 8.82. The largest absolute Gasteiger partial charge is 0.454 e. The number of rotatable bonds is 3. The molecule has 1 N–H and O–H groups in total. The molecule has 0 atom stereocenters. The monoisotopic (exact) mass is 391 g/mol. The molecule has 29 heavy (non-hydrogen) atoms. The van der Waals surface area contributed by atoms with Crippen molar-refractivity contribution in [2.24, 2.45) is 0 Å². The minimum atomic E-state index is -0.440. The zero-order chi connectivity index (χ0) is 20.0. The summed E-state index contributed by atoms with van der Waals surface area (Å²) in [7, 11) is 0. The van der Waals surface area contributed by atoms with Gasteiger partial charge in [0, 0.05) is 11.3 Å². The molecule has 2 aromatic carbocycles. The maximum atomic E-state index is 13.5. The van der Waals surface area contributed by atoms with Crippen LogP contribution in [-0.2, 0) is 0 Å². The minimum Gasteiger partial charge on any atom is -0.454 e. The van der Waals surface area contributed by atoms with Gasteiger partial charge in [-0.1, -0.05) is 11.2 Å². The number of carbonyl (C=O) groups is 1. The summed E-state index contributed by atoms with van der Waals surface area (Å²) in [6.07, 6.45) is 0. The van der Waals surface area contributed by atoms with Crippen LogP contribution in [0.15, 0.2) is 53.1 Å². The highest BCUT2D eigenvalue weighted by Gasteiger charge is 2.21. The van der Waals surface area contributed by atoms with Crippen LogP contribution in [0.2, 0.25) is 0 Å². The molecule has 0 saturated heterocycles. The van der Waals surface area contributed by atoms with Crippen LogP contribution in [0, 0.1) is 12.7 Å². The second-order valence-electron chi connectivity index (χ2n) is 6.54. The molecule has 1 aliphatic rings. The number of carbonyl (C=O) groups excluding carboxylic acids is 1. The van der Waals surface area contributed by atoms with Crippen molar-refractivity contribution in [3.05, 3.63) is 65.6 Å². The van der Waals surface area contributed by atoms with Gasteiger partial charge in [-0.05, 0) is 49.4 Å². The SMILES string of the molecule is Cc1noc2nc(-c3ccc4c(c3)OCO4)cc(C(=O)Nc3cccc(F)c3)c12. The third-order valence-corrected chi connectivity index (χ3v) is 4.61. The van der Waals surface area contributed by atoms with E-state index in [1.807, 2.05) is 6.07 Å². The van der Waals surface area contributed by atoms with Gasteiger partial charge in [-0.3, -0.25) is 4.79 Å². The number of nitrogens with zero attached hydrogens (tertiary/aromatic N) is 2. The number of aryl methyl sites for hydroxylation is 1. The van der Waals surface area contributed by atoms with Crippen LogP contribution in [-0.4, -0.2) is 22.8 Å². The molecule has 8 heteroatoms. The van der Waals surface area contributed by atoms with Gasteiger partial charge in [-0.2, -0.15) is 0 Å². The second-order valence-corrected chi connectivity index (χ2v) is 6.54. The maximum absolute atomic E-state index is 13.5. The molecule has 1 aliphatic heterocycles. The standard InChI is InChI=1S/C21H14FN3O4/c1-11-19-15(20(26)23-14-4-2-3-13(22)8-14)9-16(24-21(19)29-25-11)12-5-6-17-18(7-12)28-10-27-17/h2-9H,10H2,1H3,(H,23,26). The zero-order valence-corrected chi connectivity index (χ0v) is 15.2. The average molecular weight is 391 g/mol. The molecule has 0 aliphatic carbocycles. The Labute approximate surface area is 164 Å². The molecule has 7 nitrogen and oxygen atoms in total. The Morgan fingerprint density at radius 2 is 1.97 bits per heavy atom. The summed E-state index contributed by atoms with van der Waals surface area (Å²) in [5.74, 6) is 0.388. The highest BCUT2D eigenvalue weighted by atomic mass is 19.1. The third kappa shape index (κ3) is 3.04. The molecule has 0 saturated carbocycles. The normalized spacial score (nSPS) is 12.3. The molecule has 4 aromatic rings. The lowest BCUT2D eigenvalue weighted by Gasteiger charge is -2.09. The van der Waals surface area contributed by atoms with Gasteiger partial charge in [0.05, 0.1) is 22.3 Å². The molecule has 3 heterocycles. The molecule has 0 bridgehead atoms. The fourth-order valence-corrected chi connectivity index (χ4v) is 3.24. The summed E-state index contributed by atoms with van der Waals surface area (Å²) in [5, 5.41) is 7.14. The number of halogens is 1. The number of hydrogen-bond acceptors (Lipinski definition) is 6. The highest BCUT2D eigenvalue weighted by Crippen LogP contribution is 2.36. The van der Waals surface area contributed by atoms with E-state index >= 15 is 0 Å². The van der Waals surface area contributed by atoms with Crippen molar-refractivity contribution in [1.29, 1.82) is 0 Å². The molecule has 5 rings (SSSR count). The summed E-state index contributed by atoms with van der Waals surface area (Å²) in [4.78, 5) is 17.5. The minimum absolute atomic E-state index is 0.161. The smallest absolute Gasteiger partial charge is 0.259 e.